The van der Waals surface area contributed by atoms with Crippen molar-refractivity contribution in [2.24, 2.45) is 7.05 Å². The van der Waals surface area contributed by atoms with Crippen molar-refractivity contribution in [2.75, 3.05) is 5.32 Å². The van der Waals surface area contributed by atoms with Crippen LogP contribution in [0.5, 0.6) is 5.88 Å². The molecule has 0 aliphatic heterocycles. The molecule has 0 fully saturated rings. The summed E-state index contributed by atoms with van der Waals surface area (Å²) in [7, 11) is 1.72. The van der Waals surface area contributed by atoms with Crippen LogP contribution in [0, 0.1) is 0 Å². The summed E-state index contributed by atoms with van der Waals surface area (Å²) in [4.78, 5) is 11.8. The molecule has 22 heavy (non-hydrogen) atoms. The Kier molecular flexibility index (Phi) is 4.70. The number of anilines is 1. The molecule has 0 saturated heterocycles. The Bertz CT molecular complexity index is 630. The van der Waals surface area contributed by atoms with Crippen LogP contribution in [0.2, 0.25) is 0 Å². The number of nitrogens with one attached hydrogen (secondary N) is 1. The number of rotatable bonds is 4. The van der Waals surface area contributed by atoms with Gasteiger partial charge in [0, 0.05) is 13.1 Å². The highest BCUT2D eigenvalue weighted by molar-refractivity contribution is 5.83. The fourth-order valence-electron chi connectivity index (χ4n) is 1.77. The summed E-state index contributed by atoms with van der Waals surface area (Å²) in [6.45, 7) is 5.85. The molecule has 2 aromatic rings. The topological polar surface area (TPSA) is 65.4 Å². The zero-order valence-corrected chi connectivity index (χ0v) is 13.3. The Morgan fingerprint density at radius 2 is 1.95 bits per heavy atom. The number of carbonyl (C=O) groups is 1. The molecule has 6 nitrogen and oxygen atoms in total. The number of aryl methyl sites for hydroxylation is 1. The zero-order chi connectivity index (χ0) is 16.2. The quantitative estimate of drug-likeness (QED) is 0.940. The predicted molar refractivity (Wildman–Crippen MR) is 83.8 cm³/mol. The number of hydrogen-bond donors (Lipinski definition) is 1. The molecule has 0 saturated carbocycles. The predicted octanol–water partition coefficient (Wildman–Crippen LogP) is 3.35. The van der Waals surface area contributed by atoms with Crippen LogP contribution in [-0.4, -0.2) is 21.5 Å². The highest BCUT2D eigenvalue weighted by atomic mass is 16.6. The highest BCUT2D eigenvalue weighted by Crippen LogP contribution is 2.18. The molecule has 6 heteroatoms. The third-order valence-corrected chi connectivity index (χ3v) is 2.72. The van der Waals surface area contributed by atoms with Gasteiger partial charge in [-0.2, -0.15) is 0 Å². The molecule has 0 aliphatic carbocycles. The number of carbonyl (C=O) groups excluding carboxylic acids is 1. The number of nitrogens with zero attached hydrogens (tertiary/aromatic N) is 2. The lowest BCUT2D eigenvalue weighted by Crippen LogP contribution is -2.27. The summed E-state index contributed by atoms with van der Waals surface area (Å²) >= 11 is 0. The van der Waals surface area contributed by atoms with Crippen LogP contribution >= 0.6 is 0 Å². The van der Waals surface area contributed by atoms with Gasteiger partial charge in [-0.3, -0.25) is 5.32 Å². The van der Waals surface area contributed by atoms with Crippen LogP contribution in [0.15, 0.2) is 36.4 Å². The summed E-state index contributed by atoms with van der Waals surface area (Å²) in [5, 5.41) is 6.84. The summed E-state index contributed by atoms with van der Waals surface area (Å²) < 4.78 is 12.3. The smallest absolute Gasteiger partial charge is 0.413 e. The van der Waals surface area contributed by atoms with Gasteiger partial charge in [-0.25, -0.2) is 9.48 Å². The first-order valence-electron chi connectivity index (χ1n) is 7.04. The number of benzene rings is 1. The van der Waals surface area contributed by atoms with E-state index in [2.05, 4.69) is 10.4 Å². The average molecular weight is 303 g/mol. The van der Waals surface area contributed by atoms with Gasteiger partial charge in [0.2, 0.25) is 5.88 Å². The van der Waals surface area contributed by atoms with Crippen molar-refractivity contribution in [1.29, 1.82) is 0 Å². The Hall–Kier alpha value is -2.50. The molecule has 0 unspecified atom stereocenters. The second-order valence-electron chi connectivity index (χ2n) is 5.89. The largest absolute Gasteiger partial charge is 0.472 e. The van der Waals surface area contributed by atoms with Gasteiger partial charge < -0.3 is 9.47 Å². The minimum Gasteiger partial charge on any atom is -0.472 e. The van der Waals surface area contributed by atoms with Gasteiger partial charge >= 0.3 is 6.09 Å². The van der Waals surface area contributed by atoms with Crippen molar-refractivity contribution in [2.45, 2.75) is 33.0 Å². The van der Waals surface area contributed by atoms with E-state index in [9.17, 15) is 4.79 Å². The Labute approximate surface area is 130 Å². The number of hydrogen-bond acceptors (Lipinski definition) is 4. The molecule has 1 N–H and O–H groups in total. The van der Waals surface area contributed by atoms with Gasteiger partial charge in [0.25, 0.3) is 0 Å². The van der Waals surface area contributed by atoms with Crippen molar-refractivity contribution < 1.29 is 14.3 Å². The lowest BCUT2D eigenvalue weighted by Gasteiger charge is -2.19. The van der Waals surface area contributed by atoms with Crippen molar-refractivity contribution in [3.63, 3.8) is 0 Å². The van der Waals surface area contributed by atoms with Gasteiger partial charge in [-0.1, -0.05) is 30.3 Å². The van der Waals surface area contributed by atoms with Crippen LogP contribution in [0.3, 0.4) is 0 Å². The van der Waals surface area contributed by atoms with Crippen LogP contribution in [0.1, 0.15) is 26.3 Å². The van der Waals surface area contributed by atoms with E-state index in [1.165, 1.54) is 4.68 Å². The molecule has 0 aliphatic rings. The molecule has 2 rings (SSSR count). The normalized spacial score (nSPS) is 11.1. The van der Waals surface area contributed by atoms with Crippen LogP contribution < -0.4 is 10.1 Å². The van der Waals surface area contributed by atoms with E-state index in [1.54, 1.807) is 13.1 Å². The minimum absolute atomic E-state index is 0.420. The number of amides is 1. The maximum Gasteiger partial charge on any atom is 0.413 e. The SMILES string of the molecule is Cn1nc(OCc2ccccc2)cc1NC(=O)OC(C)(C)C. The lowest BCUT2D eigenvalue weighted by atomic mass is 10.2. The molecule has 1 heterocycles. The van der Waals surface area contributed by atoms with Crippen LogP contribution in [0.25, 0.3) is 0 Å². The minimum atomic E-state index is -0.546. The van der Waals surface area contributed by atoms with Gasteiger partial charge in [0.1, 0.15) is 18.0 Å². The van der Waals surface area contributed by atoms with E-state index >= 15 is 0 Å². The molecule has 1 amide bonds. The van der Waals surface area contributed by atoms with Gasteiger partial charge in [-0.15, -0.1) is 5.10 Å². The van der Waals surface area contributed by atoms with Crippen LogP contribution in [-0.2, 0) is 18.4 Å². The second kappa shape index (κ2) is 6.51. The van der Waals surface area contributed by atoms with E-state index in [1.807, 2.05) is 51.1 Å². The Morgan fingerprint density at radius 3 is 2.59 bits per heavy atom. The Balaban J connectivity index is 1.95. The van der Waals surface area contributed by atoms with Gasteiger partial charge in [0.15, 0.2) is 0 Å². The molecule has 0 radical (unpaired) electrons. The maximum atomic E-state index is 11.8. The molecule has 0 spiro atoms. The van der Waals surface area contributed by atoms with Crippen molar-refractivity contribution >= 4 is 11.9 Å². The number of ether oxygens (including phenoxy) is 2. The summed E-state index contributed by atoms with van der Waals surface area (Å²) in [5.41, 5.74) is 0.504. The maximum absolute atomic E-state index is 11.8. The first-order valence-corrected chi connectivity index (χ1v) is 7.04. The third kappa shape index (κ3) is 4.80. The highest BCUT2D eigenvalue weighted by Gasteiger charge is 2.18. The fourth-order valence-corrected chi connectivity index (χ4v) is 1.77. The summed E-state index contributed by atoms with van der Waals surface area (Å²) in [6.07, 6.45) is -0.523. The standard InChI is InChI=1S/C16H21N3O3/c1-16(2,3)22-15(20)17-13-10-14(18-19(13)4)21-11-12-8-6-5-7-9-12/h5-10H,11H2,1-4H3,(H,17,20). The monoisotopic (exact) mass is 303 g/mol. The van der Waals surface area contributed by atoms with Crippen LogP contribution in [0.4, 0.5) is 10.6 Å². The molecule has 1 aromatic heterocycles. The average Bonchev–Trinajstić information content (AvgIpc) is 2.76. The molecule has 118 valence electrons. The molecule has 1 aromatic carbocycles. The molecule has 0 bridgehead atoms. The first kappa shape index (κ1) is 15.9. The van der Waals surface area contributed by atoms with E-state index in [4.69, 9.17) is 9.47 Å². The molecule has 0 atom stereocenters. The Morgan fingerprint density at radius 1 is 1.27 bits per heavy atom. The third-order valence-electron chi connectivity index (χ3n) is 2.72. The van der Waals surface area contributed by atoms with E-state index in [-0.39, 0.29) is 0 Å². The lowest BCUT2D eigenvalue weighted by molar-refractivity contribution is 0.0634. The first-order chi connectivity index (χ1) is 10.3. The molecular weight excluding hydrogens is 282 g/mol. The summed E-state index contributed by atoms with van der Waals surface area (Å²) in [5.74, 6) is 0.953. The van der Waals surface area contributed by atoms with Crippen molar-refractivity contribution in [3.8, 4) is 5.88 Å². The molecular formula is C16H21N3O3. The van der Waals surface area contributed by atoms with Gasteiger partial charge in [-0.05, 0) is 26.3 Å². The van der Waals surface area contributed by atoms with E-state index < -0.39 is 11.7 Å². The van der Waals surface area contributed by atoms with E-state index in [0.717, 1.165) is 5.56 Å². The van der Waals surface area contributed by atoms with Crippen molar-refractivity contribution in [1.82, 2.24) is 9.78 Å². The van der Waals surface area contributed by atoms with Crippen molar-refractivity contribution in [3.05, 3.63) is 42.0 Å². The fraction of sp³-hybridized carbons (Fsp3) is 0.375. The summed E-state index contributed by atoms with van der Waals surface area (Å²) in [6, 6.07) is 11.5. The zero-order valence-electron chi connectivity index (χ0n) is 13.3. The van der Waals surface area contributed by atoms with E-state index in [0.29, 0.717) is 18.3 Å². The van der Waals surface area contributed by atoms with Gasteiger partial charge in [0.05, 0.1) is 0 Å². The second-order valence-corrected chi connectivity index (χ2v) is 5.89. The number of aromatic nitrogens is 2.